The molecule has 1 aliphatic rings. The number of methoxy groups -OCH3 is 2. The van der Waals surface area contributed by atoms with Gasteiger partial charge in [0.25, 0.3) is 11.5 Å². The molecule has 3 aromatic rings. The minimum absolute atomic E-state index is 0.0641. The number of aromatic nitrogens is 2. The smallest absolute Gasteiger partial charge is 0.274 e. The fourth-order valence-electron chi connectivity index (χ4n) is 3.90. The van der Waals surface area contributed by atoms with E-state index in [-0.39, 0.29) is 17.4 Å². The van der Waals surface area contributed by atoms with Gasteiger partial charge in [0.1, 0.15) is 17.0 Å². The summed E-state index contributed by atoms with van der Waals surface area (Å²) in [4.78, 5) is 34.5. The number of aromatic amines is 1. The zero-order valence-corrected chi connectivity index (χ0v) is 16.5. The molecule has 0 radical (unpaired) electrons. The fraction of sp³-hybridized carbons (Fsp3) is 0.318. The molecule has 3 heterocycles. The normalized spacial score (nSPS) is 16.6. The number of amides is 1. The van der Waals surface area contributed by atoms with Crippen LogP contribution in [0.3, 0.4) is 0 Å². The second-order valence-electron chi connectivity index (χ2n) is 7.15. The number of rotatable bonds is 4. The highest BCUT2D eigenvalue weighted by Gasteiger charge is 2.28. The van der Waals surface area contributed by atoms with Crippen LogP contribution < -0.4 is 15.0 Å². The molecule has 4 rings (SSSR count). The zero-order valence-electron chi connectivity index (χ0n) is 16.5. The summed E-state index contributed by atoms with van der Waals surface area (Å²) in [7, 11) is 3.11. The maximum Gasteiger partial charge on any atom is 0.274 e. The Morgan fingerprint density at radius 2 is 2.07 bits per heavy atom. The van der Waals surface area contributed by atoms with E-state index in [9.17, 15) is 9.59 Å². The summed E-state index contributed by atoms with van der Waals surface area (Å²) in [6, 6.07) is 10.9. The highest BCUT2D eigenvalue weighted by Crippen LogP contribution is 2.30. The Hall–Kier alpha value is -3.35. The molecule has 2 aromatic heterocycles. The molecule has 29 heavy (non-hydrogen) atoms. The lowest BCUT2D eigenvalue weighted by Crippen LogP contribution is -2.39. The van der Waals surface area contributed by atoms with Gasteiger partial charge in [-0.25, -0.2) is 0 Å². The predicted molar refractivity (Wildman–Crippen MR) is 110 cm³/mol. The SMILES string of the molecule is COc1ccc(C(=O)N2CCCC(c3cc4cccnc4c(=O)[nH]3)C2)c(OC)c1. The summed E-state index contributed by atoms with van der Waals surface area (Å²) < 4.78 is 10.6. The number of carbonyl (C=O) groups is 1. The highest BCUT2D eigenvalue weighted by atomic mass is 16.5. The maximum absolute atomic E-state index is 13.2. The van der Waals surface area contributed by atoms with Crippen molar-refractivity contribution in [2.45, 2.75) is 18.8 Å². The minimum atomic E-state index is -0.196. The van der Waals surface area contributed by atoms with E-state index < -0.39 is 0 Å². The number of nitrogens with one attached hydrogen (secondary N) is 1. The lowest BCUT2D eigenvalue weighted by molar-refractivity contribution is 0.0702. The van der Waals surface area contributed by atoms with Gasteiger partial charge in [0.15, 0.2) is 0 Å². The number of benzene rings is 1. The summed E-state index contributed by atoms with van der Waals surface area (Å²) in [6.45, 7) is 1.21. The molecule has 1 N–H and O–H groups in total. The number of likely N-dealkylation sites (tertiary alicyclic amines) is 1. The standard InChI is InChI=1S/C22H23N3O4/c1-28-16-7-8-17(19(12-16)29-2)22(27)25-10-4-6-15(13-25)18-11-14-5-3-9-23-20(14)21(26)24-18/h3,5,7-9,11-12,15H,4,6,10,13H2,1-2H3,(H,24,26). The van der Waals surface area contributed by atoms with Crippen molar-refractivity contribution in [3.63, 3.8) is 0 Å². The highest BCUT2D eigenvalue weighted by molar-refractivity contribution is 5.97. The quantitative estimate of drug-likeness (QED) is 0.737. The van der Waals surface area contributed by atoms with Crippen molar-refractivity contribution < 1.29 is 14.3 Å². The van der Waals surface area contributed by atoms with Gasteiger partial charge in [-0.3, -0.25) is 14.6 Å². The molecule has 0 bridgehead atoms. The maximum atomic E-state index is 13.2. The lowest BCUT2D eigenvalue weighted by atomic mass is 9.93. The molecule has 1 aliphatic heterocycles. The van der Waals surface area contributed by atoms with E-state index in [4.69, 9.17) is 9.47 Å². The molecular weight excluding hydrogens is 370 g/mol. The van der Waals surface area contributed by atoms with Crippen LogP contribution in [0.1, 0.15) is 34.8 Å². The van der Waals surface area contributed by atoms with Crippen molar-refractivity contribution in [1.82, 2.24) is 14.9 Å². The van der Waals surface area contributed by atoms with Gasteiger partial charge in [-0.05, 0) is 37.1 Å². The van der Waals surface area contributed by atoms with Crippen LogP contribution in [0, 0.1) is 0 Å². The molecule has 1 amide bonds. The second-order valence-corrected chi connectivity index (χ2v) is 7.15. The first-order valence-corrected chi connectivity index (χ1v) is 9.60. The van der Waals surface area contributed by atoms with Crippen LogP contribution in [0.2, 0.25) is 0 Å². The van der Waals surface area contributed by atoms with Gasteiger partial charge in [-0.1, -0.05) is 6.07 Å². The second kappa shape index (κ2) is 7.95. The molecule has 1 saturated heterocycles. The van der Waals surface area contributed by atoms with Crippen LogP contribution in [0.4, 0.5) is 0 Å². The van der Waals surface area contributed by atoms with Gasteiger partial charge in [0, 0.05) is 42.4 Å². The molecule has 1 fully saturated rings. The number of H-pyrrole nitrogens is 1. The van der Waals surface area contributed by atoms with Gasteiger partial charge >= 0.3 is 0 Å². The van der Waals surface area contributed by atoms with Crippen molar-refractivity contribution in [2.75, 3.05) is 27.3 Å². The van der Waals surface area contributed by atoms with Crippen LogP contribution >= 0.6 is 0 Å². The van der Waals surface area contributed by atoms with E-state index in [0.717, 1.165) is 23.9 Å². The van der Waals surface area contributed by atoms with Gasteiger partial charge < -0.3 is 19.4 Å². The first-order valence-electron chi connectivity index (χ1n) is 9.60. The lowest BCUT2D eigenvalue weighted by Gasteiger charge is -2.33. The zero-order chi connectivity index (χ0) is 20.4. The molecule has 0 spiro atoms. The third-order valence-corrected chi connectivity index (χ3v) is 5.41. The van der Waals surface area contributed by atoms with Gasteiger partial charge in [0.2, 0.25) is 0 Å². The molecule has 1 aromatic carbocycles. The van der Waals surface area contributed by atoms with E-state index in [0.29, 0.717) is 35.7 Å². The Morgan fingerprint density at radius 1 is 1.21 bits per heavy atom. The third-order valence-electron chi connectivity index (χ3n) is 5.41. The predicted octanol–water partition coefficient (Wildman–Crippen LogP) is 2.96. The monoisotopic (exact) mass is 393 g/mol. The molecule has 7 nitrogen and oxygen atoms in total. The van der Waals surface area contributed by atoms with Crippen molar-refractivity contribution >= 4 is 16.8 Å². The summed E-state index contributed by atoms with van der Waals surface area (Å²) in [5, 5.41) is 0.812. The van der Waals surface area contributed by atoms with Crippen LogP contribution in [0.5, 0.6) is 11.5 Å². The number of ether oxygens (including phenoxy) is 2. The third kappa shape index (κ3) is 3.68. The number of fused-ring (bicyclic) bond motifs is 1. The molecule has 1 atom stereocenters. The average molecular weight is 393 g/mol. The topological polar surface area (TPSA) is 84.5 Å². The Kier molecular flexibility index (Phi) is 5.20. The number of carbonyl (C=O) groups excluding carboxylic acids is 1. The Labute approximate surface area is 168 Å². The Balaban J connectivity index is 1.60. The minimum Gasteiger partial charge on any atom is -0.497 e. The largest absolute Gasteiger partial charge is 0.497 e. The van der Waals surface area contributed by atoms with Crippen LogP contribution in [0.25, 0.3) is 10.9 Å². The Morgan fingerprint density at radius 3 is 2.86 bits per heavy atom. The van der Waals surface area contributed by atoms with Crippen molar-refractivity contribution in [2.24, 2.45) is 0 Å². The number of piperidine rings is 1. The molecule has 7 heteroatoms. The summed E-state index contributed by atoms with van der Waals surface area (Å²) in [5.74, 6) is 1.10. The van der Waals surface area contributed by atoms with E-state index in [1.54, 1.807) is 38.6 Å². The van der Waals surface area contributed by atoms with Gasteiger partial charge in [0.05, 0.1) is 19.8 Å². The summed E-state index contributed by atoms with van der Waals surface area (Å²) in [6.07, 6.45) is 3.38. The summed E-state index contributed by atoms with van der Waals surface area (Å²) >= 11 is 0. The van der Waals surface area contributed by atoms with E-state index >= 15 is 0 Å². The van der Waals surface area contributed by atoms with Gasteiger partial charge in [-0.15, -0.1) is 0 Å². The number of pyridine rings is 2. The number of hydrogen-bond donors (Lipinski definition) is 1. The molecule has 0 aliphatic carbocycles. The van der Waals surface area contributed by atoms with E-state index in [2.05, 4.69) is 9.97 Å². The first-order chi connectivity index (χ1) is 14.1. The number of nitrogens with zero attached hydrogens (tertiary/aromatic N) is 2. The Bertz CT molecular complexity index is 1110. The van der Waals surface area contributed by atoms with Crippen molar-refractivity contribution in [3.8, 4) is 11.5 Å². The van der Waals surface area contributed by atoms with Crippen LogP contribution in [-0.4, -0.2) is 48.1 Å². The van der Waals surface area contributed by atoms with Crippen molar-refractivity contribution in [1.29, 1.82) is 0 Å². The molecular formula is C22H23N3O4. The van der Waals surface area contributed by atoms with Crippen molar-refractivity contribution in [3.05, 3.63) is 64.2 Å². The van der Waals surface area contributed by atoms with Gasteiger partial charge in [-0.2, -0.15) is 0 Å². The fourth-order valence-corrected chi connectivity index (χ4v) is 3.90. The van der Waals surface area contributed by atoms with Crippen LogP contribution in [-0.2, 0) is 0 Å². The number of hydrogen-bond acceptors (Lipinski definition) is 5. The molecule has 150 valence electrons. The summed E-state index contributed by atoms with van der Waals surface area (Å²) in [5.41, 5.74) is 1.58. The molecule has 1 unspecified atom stereocenters. The molecule has 0 saturated carbocycles. The van der Waals surface area contributed by atoms with E-state index in [1.165, 1.54) is 0 Å². The first kappa shape index (κ1) is 19.0. The van der Waals surface area contributed by atoms with Crippen LogP contribution in [0.15, 0.2) is 47.4 Å². The average Bonchev–Trinajstić information content (AvgIpc) is 2.78. The van der Waals surface area contributed by atoms with E-state index in [1.807, 2.05) is 23.1 Å².